The van der Waals surface area contributed by atoms with Gasteiger partial charge in [0.1, 0.15) is 0 Å². The fourth-order valence-corrected chi connectivity index (χ4v) is 3.75. The molecule has 0 atom stereocenters. The monoisotopic (exact) mass is 448 g/mol. The molecule has 0 radical (unpaired) electrons. The highest BCUT2D eigenvalue weighted by molar-refractivity contribution is 6.32. The summed E-state index contributed by atoms with van der Waals surface area (Å²) in [5.41, 5.74) is 0.380. The molecule has 6 nitrogen and oxygen atoms in total. The number of aryl methyl sites for hydroxylation is 3. The van der Waals surface area contributed by atoms with Gasteiger partial charge in [-0.25, -0.2) is 9.78 Å². The van der Waals surface area contributed by atoms with Crippen molar-refractivity contribution in [2.75, 3.05) is 0 Å². The van der Waals surface area contributed by atoms with Crippen LogP contribution < -0.4 is 11.2 Å². The number of alkyl halides is 3. The zero-order valence-corrected chi connectivity index (χ0v) is 17.0. The molecule has 4 rings (SSSR count). The maximum absolute atomic E-state index is 12.8. The van der Waals surface area contributed by atoms with E-state index in [1.165, 1.54) is 12.1 Å². The van der Waals surface area contributed by atoms with Crippen LogP contribution >= 0.6 is 11.6 Å². The lowest BCUT2D eigenvalue weighted by Gasteiger charge is -2.18. The van der Waals surface area contributed by atoms with Gasteiger partial charge in [0.25, 0.3) is 5.56 Å². The summed E-state index contributed by atoms with van der Waals surface area (Å²) in [7, 11) is 0. The molecule has 2 heterocycles. The molecule has 0 fully saturated rings. The van der Waals surface area contributed by atoms with Crippen LogP contribution in [0.2, 0.25) is 5.02 Å². The van der Waals surface area contributed by atoms with Gasteiger partial charge in [-0.1, -0.05) is 30.7 Å². The number of H-pyrrole nitrogens is 1. The normalized spacial score (nSPS) is 12.0. The number of halogens is 4. The van der Waals surface area contributed by atoms with E-state index in [1.807, 2.05) is 13.0 Å². The first-order chi connectivity index (χ1) is 14.7. The first-order valence-electron chi connectivity index (χ1n) is 9.46. The second-order valence-electron chi connectivity index (χ2n) is 7.04. The predicted octanol–water partition coefficient (Wildman–Crippen LogP) is 4.06. The van der Waals surface area contributed by atoms with E-state index in [-0.39, 0.29) is 18.1 Å². The fourth-order valence-electron chi connectivity index (χ4n) is 3.46. The first kappa shape index (κ1) is 21.0. The SMILES string of the molecule is CCc1cc2c(cc1Cl)nc1c(=O)[nH]c(=O)nc-1n2CCc1ccc(C(F)(F)F)cc1. The average Bonchev–Trinajstić information content (AvgIpc) is 2.71. The maximum Gasteiger partial charge on any atom is 0.416 e. The number of nitrogens with one attached hydrogen (secondary N) is 1. The minimum absolute atomic E-state index is 0.0140. The van der Waals surface area contributed by atoms with Crippen molar-refractivity contribution in [1.29, 1.82) is 0 Å². The van der Waals surface area contributed by atoms with Gasteiger partial charge in [0.05, 0.1) is 16.6 Å². The van der Waals surface area contributed by atoms with Crippen LogP contribution in [0.5, 0.6) is 0 Å². The number of aromatic amines is 1. The number of rotatable bonds is 4. The number of fused-ring (bicyclic) bond motifs is 2. The Bertz CT molecular complexity index is 1360. The van der Waals surface area contributed by atoms with Crippen LogP contribution in [0.25, 0.3) is 22.6 Å². The summed E-state index contributed by atoms with van der Waals surface area (Å²) in [6.45, 7) is 2.20. The summed E-state index contributed by atoms with van der Waals surface area (Å²) in [6, 6.07) is 8.33. The van der Waals surface area contributed by atoms with Crippen LogP contribution in [0.15, 0.2) is 46.0 Å². The summed E-state index contributed by atoms with van der Waals surface area (Å²) in [6.07, 6.45) is -3.40. The molecular formula is C21H16ClF3N4O2. The van der Waals surface area contributed by atoms with Crippen LogP contribution in [0, 0.1) is 0 Å². The van der Waals surface area contributed by atoms with E-state index in [4.69, 9.17) is 11.6 Å². The Hall–Kier alpha value is -3.20. The zero-order chi connectivity index (χ0) is 22.3. The topological polar surface area (TPSA) is 80.6 Å². The molecule has 0 unspecified atom stereocenters. The van der Waals surface area contributed by atoms with Gasteiger partial charge in [0, 0.05) is 11.6 Å². The molecule has 0 saturated carbocycles. The zero-order valence-electron chi connectivity index (χ0n) is 16.3. The van der Waals surface area contributed by atoms with E-state index < -0.39 is 23.0 Å². The highest BCUT2D eigenvalue weighted by atomic mass is 35.5. The van der Waals surface area contributed by atoms with Crippen molar-refractivity contribution in [3.63, 3.8) is 0 Å². The minimum Gasteiger partial charge on any atom is -0.322 e. The molecule has 31 heavy (non-hydrogen) atoms. The van der Waals surface area contributed by atoms with Gasteiger partial charge >= 0.3 is 11.9 Å². The maximum atomic E-state index is 12.8. The lowest BCUT2D eigenvalue weighted by molar-refractivity contribution is -0.137. The van der Waals surface area contributed by atoms with Crippen LogP contribution in [-0.2, 0) is 25.6 Å². The Morgan fingerprint density at radius 1 is 1.10 bits per heavy atom. The highest BCUT2D eigenvalue weighted by Gasteiger charge is 2.30. The molecule has 0 aromatic heterocycles. The number of hydrogen-bond donors (Lipinski definition) is 1. The van der Waals surface area contributed by atoms with E-state index in [2.05, 4.69) is 15.0 Å². The van der Waals surface area contributed by atoms with Crippen molar-refractivity contribution in [2.45, 2.75) is 32.5 Å². The van der Waals surface area contributed by atoms with Gasteiger partial charge in [-0.2, -0.15) is 18.2 Å². The Morgan fingerprint density at radius 3 is 2.45 bits per heavy atom. The van der Waals surface area contributed by atoms with Gasteiger partial charge in [-0.3, -0.25) is 9.78 Å². The summed E-state index contributed by atoms with van der Waals surface area (Å²) in [5, 5.41) is 0.501. The second-order valence-corrected chi connectivity index (χ2v) is 7.44. The van der Waals surface area contributed by atoms with E-state index in [1.54, 1.807) is 10.6 Å². The largest absolute Gasteiger partial charge is 0.416 e. The minimum atomic E-state index is -4.41. The van der Waals surface area contributed by atoms with Gasteiger partial charge in [-0.05, 0) is 48.2 Å². The van der Waals surface area contributed by atoms with Crippen molar-refractivity contribution < 1.29 is 13.2 Å². The summed E-state index contributed by atoms with van der Waals surface area (Å²) in [5.74, 6) is 0.109. The molecule has 0 aliphatic carbocycles. The Morgan fingerprint density at radius 2 is 1.81 bits per heavy atom. The number of benzene rings is 2. The molecule has 0 bridgehead atoms. The predicted molar refractivity (Wildman–Crippen MR) is 111 cm³/mol. The molecule has 2 aliphatic heterocycles. The lowest BCUT2D eigenvalue weighted by Crippen LogP contribution is -2.29. The van der Waals surface area contributed by atoms with Crippen LogP contribution in [-0.4, -0.2) is 19.5 Å². The first-order valence-corrected chi connectivity index (χ1v) is 9.84. The van der Waals surface area contributed by atoms with E-state index in [9.17, 15) is 22.8 Å². The smallest absolute Gasteiger partial charge is 0.322 e. The standard InChI is InChI=1S/C21H16ClF3N4O2/c1-2-12-9-16-15(10-14(12)22)26-17-18(27-20(31)28-19(17)30)29(16)8-7-11-3-5-13(6-4-11)21(23,24)25/h3-6,9-10H,2,7-8H2,1H3,(H,28,30,31). The van der Waals surface area contributed by atoms with Crippen molar-refractivity contribution in [3.8, 4) is 11.5 Å². The molecule has 2 aromatic carbocycles. The molecule has 0 saturated heterocycles. The van der Waals surface area contributed by atoms with E-state index in [0.717, 1.165) is 17.7 Å². The van der Waals surface area contributed by atoms with Crippen molar-refractivity contribution in [1.82, 2.24) is 19.5 Å². The quantitative estimate of drug-likeness (QED) is 0.477. The third-order valence-electron chi connectivity index (χ3n) is 5.06. The van der Waals surface area contributed by atoms with Crippen molar-refractivity contribution in [2.24, 2.45) is 0 Å². The third-order valence-corrected chi connectivity index (χ3v) is 5.42. The van der Waals surface area contributed by atoms with Crippen LogP contribution in [0.1, 0.15) is 23.6 Å². The second kappa shape index (κ2) is 7.81. The molecule has 2 aliphatic rings. The van der Waals surface area contributed by atoms with Gasteiger partial charge < -0.3 is 4.57 Å². The third kappa shape index (κ3) is 4.05. The van der Waals surface area contributed by atoms with Gasteiger partial charge in [0.2, 0.25) is 0 Å². The summed E-state index contributed by atoms with van der Waals surface area (Å²) in [4.78, 5) is 34.5. The van der Waals surface area contributed by atoms with Crippen LogP contribution in [0.3, 0.4) is 0 Å². The van der Waals surface area contributed by atoms with Gasteiger partial charge in [0.15, 0.2) is 11.5 Å². The Kier molecular flexibility index (Phi) is 5.30. The highest BCUT2D eigenvalue weighted by Crippen LogP contribution is 2.30. The molecule has 160 valence electrons. The Balaban J connectivity index is 1.84. The average molecular weight is 449 g/mol. The number of aromatic nitrogens is 4. The molecule has 0 spiro atoms. The molecular weight excluding hydrogens is 433 g/mol. The lowest BCUT2D eigenvalue weighted by atomic mass is 10.1. The summed E-state index contributed by atoms with van der Waals surface area (Å²) < 4.78 is 40.1. The summed E-state index contributed by atoms with van der Waals surface area (Å²) >= 11 is 6.30. The number of nitrogens with zero attached hydrogens (tertiary/aromatic N) is 3. The van der Waals surface area contributed by atoms with Crippen molar-refractivity contribution in [3.05, 3.63) is 78.9 Å². The molecule has 10 heteroatoms. The van der Waals surface area contributed by atoms with Crippen LogP contribution in [0.4, 0.5) is 13.2 Å². The van der Waals surface area contributed by atoms with E-state index in [0.29, 0.717) is 34.5 Å². The molecule has 0 amide bonds. The fraction of sp³-hybridized carbons (Fsp3) is 0.238. The Labute approximate surface area is 178 Å². The van der Waals surface area contributed by atoms with Crippen molar-refractivity contribution >= 4 is 22.6 Å². The van der Waals surface area contributed by atoms with Gasteiger partial charge in [-0.15, -0.1) is 0 Å². The molecule has 2 aromatic rings. The van der Waals surface area contributed by atoms with E-state index >= 15 is 0 Å². The number of hydrogen-bond acceptors (Lipinski definition) is 4. The molecule has 1 N–H and O–H groups in total.